The summed E-state index contributed by atoms with van der Waals surface area (Å²) in [6.45, 7) is 2.76. The Kier molecular flexibility index (Phi) is 6.00. The molecule has 5 nitrogen and oxygen atoms in total. The van der Waals surface area contributed by atoms with Crippen molar-refractivity contribution < 1.29 is 4.74 Å². The van der Waals surface area contributed by atoms with Gasteiger partial charge >= 0.3 is 0 Å². The highest BCUT2D eigenvalue weighted by Crippen LogP contribution is 2.27. The minimum atomic E-state index is 0.390. The first-order valence-corrected chi connectivity index (χ1v) is 10.3. The quantitative estimate of drug-likeness (QED) is 0.596. The van der Waals surface area contributed by atoms with E-state index >= 15 is 0 Å². The summed E-state index contributed by atoms with van der Waals surface area (Å²) in [5, 5.41) is 7.03. The number of para-hydroxylation sites is 2. The predicted octanol–water partition coefficient (Wildman–Crippen LogP) is 3.56. The molecule has 148 valence electrons. The second-order valence-corrected chi connectivity index (χ2v) is 7.62. The summed E-state index contributed by atoms with van der Waals surface area (Å²) in [5.41, 5.74) is 2.46. The van der Waals surface area contributed by atoms with Gasteiger partial charge in [0.05, 0.1) is 6.10 Å². The number of benzene rings is 2. The third-order valence-corrected chi connectivity index (χ3v) is 5.64. The molecule has 0 radical (unpaired) electrons. The van der Waals surface area contributed by atoms with Crippen LogP contribution in [0.3, 0.4) is 0 Å². The lowest BCUT2D eigenvalue weighted by atomic mass is 9.96. The van der Waals surface area contributed by atoms with E-state index in [1.807, 2.05) is 13.1 Å². The van der Waals surface area contributed by atoms with Gasteiger partial charge < -0.3 is 20.3 Å². The zero-order chi connectivity index (χ0) is 19.2. The van der Waals surface area contributed by atoms with Crippen LogP contribution in [0.25, 0.3) is 0 Å². The second kappa shape index (κ2) is 9.00. The number of aliphatic imine (C=N–C) groups is 1. The smallest absolute Gasteiger partial charge is 0.191 e. The van der Waals surface area contributed by atoms with Crippen LogP contribution in [-0.2, 0) is 6.54 Å². The number of ether oxygens (including phenoxy) is 1. The van der Waals surface area contributed by atoms with Crippen LogP contribution < -0.4 is 20.3 Å². The Morgan fingerprint density at radius 1 is 1.07 bits per heavy atom. The molecule has 0 bridgehead atoms. The van der Waals surface area contributed by atoms with Crippen molar-refractivity contribution in [3.05, 3.63) is 60.2 Å². The lowest BCUT2D eigenvalue weighted by Crippen LogP contribution is -2.44. The molecule has 2 fully saturated rings. The van der Waals surface area contributed by atoms with E-state index in [-0.39, 0.29) is 0 Å². The zero-order valence-corrected chi connectivity index (χ0v) is 16.6. The number of anilines is 1. The molecule has 0 amide bonds. The second-order valence-electron chi connectivity index (χ2n) is 7.62. The number of rotatable bonds is 6. The maximum absolute atomic E-state index is 6.14. The molecule has 4 rings (SSSR count). The van der Waals surface area contributed by atoms with E-state index in [1.165, 1.54) is 30.5 Å². The van der Waals surface area contributed by atoms with Crippen molar-refractivity contribution in [2.45, 2.75) is 44.4 Å². The highest BCUT2D eigenvalue weighted by molar-refractivity contribution is 5.80. The Morgan fingerprint density at radius 2 is 1.86 bits per heavy atom. The zero-order valence-electron chi connectivity index (χ0n) is 16.6. The van der Waals surface area contributed by atoms with E-state index in [0.717, 1.165) is 31.2 Å². The molecule has 1 aliphatic carbocycles. The Balaban J connectivity index is 1.30. The van der Waals surface area contributed by atoms with Gasteiger partial charge in [-0.25, -0.2) is 0 Å². The average Bonchev–Trinajstić information content (AvgIpc) is 3.18. The molecule has 1 atom stereocenters. The SMILES string of the molecule is CN=C(NCc1ccccc1OC1CCC1)NC1CCN(c2ccccc2)C1. The predicted molar refractivity (Wildman–Crippen MR) is 115 cm³/mol. The molecule has 1 aliphatic heterocycles. The molecule has 2 aromatic carbocycles. The Labute approximate surface area is 167 Å². The molecule has 0 aromatic heterocycles. The normalized spacial score (nSPS) is 20.0. The van der Waals surface area contributed by atoms with Gasteiger partial charge in [-0.05, 0) is 43.9 Å². The molecule has 28 heavy (non-hydrogen) atoms. The van der Waals surface area contributed by atoms with Crippen LogP contribution in [0, 0.1) is 0 Å². The number of guanidine groups is 1. The van der Waals surface area contributed by atoms with Crippen LogP contribution in [0.5, 0.6) is 5.75 Å². The number of hydrogen-bond donors (Lipinski definition) is 2. The maximum Gasteiger partial charge on any atom is 0.191 e. The minimum Gasteiger partial charge on any atom is -0.490 e. The van der Waals surface area contributed by atoms with Gasteiger partial charge in [-0.15, -0.1) is 0 Å². The summed E-state index contributed by atoms with van der Waals surface area (Å²) < 4.78 is 6.14. The molecule has 1 unspecified atom stereocenters. The van der Waals surface area contributed by atoms with Crippen LogP contribution >= 0.6 is 0 Å². The first-order chi connectivity index (χ1) is 13.8. The van der Waals surface area contributed by atoms with Gasteiger partial charge in [-0.2, -0.15) is 0 Å². The number of hydrogen-bond acceptors (Lipinski definition) is 3. The van der Waals surface area contributed by atoms with E-state index < -0.39 is 0 Å². The molecule has 1 saturated carbocycles. The van der Waals surface area contributed by atoms with Crippen molar-refractivity contribution in [1.29, 1.82) is 0 Å². The minimum absolute atomic E-state index is 0.390. The van der Waals surface area contributed by atoms with Crippen molar-refractivity contribution in [1.82, 2.24) is 10.6 Å². The molecule has 1 heterocycles. The summed E-state index contributed by atoms with van der Waals surface area (Å²) >= 11 is 0. The van der Waals surface area contributed by atoms with E-state index in [9.17, 15) is 0 Å². The van der Waals surface area contributed by atoms with Gasteiger partial charge in [-0.1, -0.05) is 36.4 Å². The van der Waals surface area contributed by atoms with E-state index in [2.05, 4.69) is 69.1 Å². The molecule has 5 heteroatoms. The fourth-order valence-electron chi connectivity index (χ4n) is 3.75. The summed E-state index contributed by atoms with van der Waals surface area (Å²) in [5.74, 6) is 1.84. The fourth-order valence-corrected chi connectivity index (χ4v) is 3.75. The summed E-state index contributed by atoms with van der Waals surface area (Å²) in [6.07, 6.45) is 5.12. The highest BCUT2D eigenvalue weighted by Gasteiger charge is 2.23. The lowest BCUT2D eigenvalue weighted by Gasteiger charge is -2.27. The van der Waals surface area contributed by atoms with Crippen molar-refractivity contribution in [3.8, 4) is 5.75 Å². The standard InChI is InChI=1S/C23H30N4O/c1-24-23(26-19-14-15-27(17-19)20-9-3-2-4-10-20)25-16-18-8-5-6-13-22(18)28-21-11-7-12-21/h2-6,8-10,13,19,21H,7,11-12,14-17H2,1H3,(H2,24,25,26). The van der Waals surface area contributed by atoms with Gasteiger partial charge in [-0.3, -0.25) is 4.99 Å². The third-order valence-electron chi connectivity index (χ3n) is 5.64. The van der Waals surface area contributed by atoms with Crippen LogP contribution in [0.2, 0.25) is 0 Å². The van der Waals surface area contributed by atoms with E-state index in [0.29, 0.717) is 18.7 Å². The van der Waals surface area contributed by atoms with Gasteiger partial charge in [0.1, 0.15) is 5.75 Å². The average molecular weight is 379 g/mol. The molecular formula is C23H30N4O. The Morgan fingerprint density at radius 3 is 2.61 bits per heavy atom. The van der Waals surface area contributed by atoms with Crippen molar-refractivity contribution >= 4 is 11.6 Å². The van der Waals surface area contributed by atoms with Crippen LogP contribution in [-0.4, -0.2) is 38.2 Å². The largest absolute Gasteiger partial charge is 0.490 e. The topological polar surface area (TPSA) is 48.9 Å². The Hall–Kier alpha value is -2.69. The summed E-state index contributed by atoms with van der Waals surface area (Å²) in [7, 11) is 1.83. The van der Waals surface area contributed by atoms with Gasteiger partial charge in [0.25, 0.3) is 0 Å². The molecular weight excluding hydrogens is 348 g/mol. The molecule has 2 aromatic rings. The summed E-state index contributed by atoms with van der Waals surface area (Å²) in [4.78, 5) is 6.84. The number of nitrogens with one attached hydrogen (secondary N) is 2. The molecule has 2 aliphatic rings. The third kappa shape index (κ3) is 4.58. The molecule has 2 N–H and O–H groups in total. The van der Waals surface area contributed by atoms with Crippen molar-refractivity contribution in [2.24, 2.45) is 4.99 Å². The Bertz CT molecular complexity index is 788. The van der Waals surface area contributed by atoms with Crippen molar-refractivity contribution in [3.63, 3.8) is 0 Å². The molecule has 0 spiro atoms. The van der Waals surface area contributed by atoms with Crippen LogP contribution in [0.15, 0.2) is 59.6 Å². The number of nitrogens with zero attached hydrogens (tertiary/aromatic N) is 2. The summed E-state index contributed by atoms with van der Waals surface area (Å²) in [6, 6.07) is 19.3. The highest BCUT2D eigenvalue weighted by atomic mass is 16.5. The van der Waals surface area contributed by atoms with E-state index in [1.54, 1.807) is 0 Å². The first-order valence-electron chi connectivity index (χ1n) is 10.3. The van der Waals surface area contributed by atoms with Gasteiger partial charge in [0.2, 0.25) is 0 Å². The van der Waals surface area contributed by atoms with Gasteiger partial charge in [0.15, 0.2) is 5.96 Å². The first kappa shape index (κ1) is 18.7. The van der Waals surface area contributed by atoms with E-state index in [4.69, 9.17) is 4.74 Å². The van der Waals surface area contributed by atoms with Crippen LogP contribution in [0.4, 0.5) is 5.69 Å². The maximum atomic E-state index is 6.14. The molecule has 1 saturated heterocycles. The van der Waals surface area contributed by atoms with Crippen molar-refractivity contribution in [2.75, 3.05) is 25.0 Å². The lowest BCUT2D eigenvalue weighted by molar-refractivity contribution is 0.119. The monoisotopic (exact) mass is 378 g/mol. The van der Waals surface area contributed by atoms with Gasteiger partial charge in [0, 0.05) is 44.0 Å². The fraction of sp³-hybridized carbons (Fsp3) is 0.435. The van der Waals surface area contributed by atoms with Crippen LogP contribution in [0.1, 0.15) is 31.2 Å².